The molecular formula is C58H64F3NO2. The molecule has 2 N–H and O–H groups in total. The van der Waals surface area contributed by atoms with Crippen molar-refractivity contribution in [3.63, 3.8) is 0 Å². The highest BCUT2D eigenvalue weighted by molar-refractivity contribution is 5.89. The Hall–Kier alpha value is -4.58. The molecule has 4 aromatic carbocycles. The number of aromatic hydroxyl groups is 2. The van der Waals surface area contributed by atoms with Gasteiger partial charge >= 0.3 is 6.18 Å². The molecular weight excluding hydrogens is 800 g/mol. The van der Waals surface area contributed by atoms with E-state index < -0.39 is 11.7 Å². The summed E-state index contributed by atoms with van der Waals surface area (Å²) in [5.41, 5.74) is 7.97. The summed E-state index contributed by atoms with van der Waals surface area (Å²) in [6, 6.07) is 25.5. The third-order valence-electron chi connectivity index (χ3n) is 17.5. The first-order valence-electron chi connectivity index (χ1n) is 23.8. The van der Waals surface area contributed by atoms with Gasteiger partial charge in [0.2, 0.25) is 0 Å². The summed E-state index contributed by atoms with van der Waals surface area (Å²) < 4.78 is 45.5. The van der Waals surface area contributed by atoms with Gasteiger partial charge in [-0.05, 0) is 170 Å². The highest BCUT2D eigenvalue weighted by Crippen LogP contribution is 2.76. The molecule has 8 bridgehead atoms. The lowest BCUT2D eigenvalue weighted by Crippen LogP contribution is -2.60. The molecule has 1 aromatic heterocycles. The van der Waals surface area contributed by atoms with Crippen LogP contribution < -0.4 is 0 Å². The van der Waals surface area contributed by atoms with Gasteiger partial charge in [0.25, 0.3) is 0 Å². The maximum absolute atomic E-state index is 15.2. The summed E-state index contributed by atoms with van der Waals surface area (Å²) in [7, 11) is 0. The molecule has 0 amide bonds. The predicted molar refractivity (Wildman–Crippen MR) is 251 cm³/mol. The van der Waals surface area contributed by atoms with Crippen molar-refractivity contribution in [3.05, 3.63) is 113 Å². The van der Waals surface area contributed by atoms with Crippen molar-refractivity contribution in [2.75, 3.05) is 0 Å². The number of phenols is 2. The fraction of sp³-hybridized carbons (Fsp3) is 0.500. The number of pyridine rings is 1. The van der Waals surface area contributed by atoms with Crippen molar-refractivity contribution in [2.45, 2.75) is 149 Å². The zero-order valence-corrected chi connectivity index (χ0v) is 39.0. The van der Waals surface area contributed by atoms with Gasteiger partial charge in [0.15, 0.2) is 0 Å². The van der Waals surface area contributed by atoms with Gasteiger partial charge in [0, 0.05) is 44.2 Å². The minimum absolute atomic E-state index is 0.178. The van der Waals surface area contributed by atoms with E-state index in [1.807, 2.05) is 60.7 Å². The highest BCUT2D eigenvalue weighted by Gasteiger charge is 2.66. The molecule has 64 heavy (non-hydrogen) atoms. The molecule has 0 atom stereocenters. The summed E-state index contributed by atoms with van der Waals surface area (Å²) in [4.78, 5) is 5.11. The van der Waals surface area contributed by atoms with E-state index in [1.165, 1.54) is 38.5 Å². The molecule has 1 heterocycles. The average molecular weight is 864 g/mol. The Morgan fingerprint density at radius 1 is 0.422 bits per heavy atom. The normalized spacial score (nSPS) is 35.9. The maximum atomic E-state index is 15.2. The van der Waals surface area contributed by atoms with Gasteiger partial charge < -0.3 is 10.2 Å². The molecule has 13 rings (SSSR count). The first kappa shape index (κ1) is 42.1. The van der Waals surface area contributed by atoms with Crippen LogP contribution in [0, 0.1) is 46.3 Å². The topological polar surface area (TPSA) is 53.4 Å². The number of hydrogen-bond acceptors (Lipinski definition) is 3. The van der Waals surface area contributed by atoms with Crippen molar-refractivity contribution in [2.24, 2.45) is 32.5 Å². The van der Waals surface area contributed by atoms with Crippen LogP contribution in [0.1, 0.15) is 146 Å². The van der Waals surface area contributed by atoms with Crippen molar-refractivity contribution in [1.29, 1.82) is 0 Å². The first-order chi connectivity index (χ1) is 29.8. The van der Waals surface area contributed by atoms with Gasteiger partial charge in [0.05, 0.1) is 17.0 Å². The number of halogens is 3. The second-order valence-electron chi connectivity index (χ2n) is 25.2. The van der Waals surface area contributed by atoms with Gasteiger partial charge in [-0.15, -0.1) is 0 Å². The lowest BCUT2D eigenvalue weighted by Gasteiger charge is -2.69. The van der Waals surface area contributed by atoms with Gasteiger partial charge in [-0.25, -0.2) is 4.98 Å². The van der Waals surface area contributed by atoms with E-state index in [1.54, 1.807) is 0 Å². The number of hydrogen-bond donors (Lipinski definition) is 2. The smallest absolute Gasteiger partial charge is 0.416 e. The third kappa shape index (κ3) is 6.52. The molecule has 0 unspecified atom stereocenters. The molecule has 8 aliphatic carbocycles. The van der Waals surface area contributed by atoms with Crippen LogP contribution in [0.4, 0.5) is 13.2 Å². The molecule has 0 spiro atoms. The Morgan fingerprint density at radius 3 is 1.02 bits per heavy atom. The third-order valence-corrected chi connectivity index (χ3v) is 17.5. The second-order valence-corrected chi connectivity index (χ2v) is 25.2. The van der Waals surface area contributed by atoms with Crippen LogP contribution in [-0.4, -0.2) is 15.2 Å². The standard InChI is InChI=1S/C58H64F3NO2/c1-35-17-42(48(63)44(19-35)56-29-50(3)23-51(4,30-56)25-52(5,24-50)31-56)38-13-9-11-15-40(38)46-21-37(58(59,60)61)22-47(62-46)41-16-12-10-14-39(41)43-18-36(2)20-45(49(43)64)57-32-53(6)26-54(7,33-57)28-55(8,27-53)34-57/h9-22,63-64H,23-34H2,1-8H3. The van der Waals surface area contributed by atoms with Crippen LogP contribution in [-0.2, 0) is 17.0 Å². The van der Waals surface area contributed by atoms with E-state index in [9.17, 15) is 10.2 Å². The van der Waals surface area contributed by atoms with Gasteiger partial charge in [-0.2, -0.15) is 13.2 Å². The van der Waals surface area contributed by atoms with E-state index in [4.69, 9.17) is 4.98 Å². The molecule has 6 heteroatoms. The van der Waals surface area contributed by atoms with Gasteiger partial charge in [0.1, 0.15) is 11.5 Å². The average Bonchev–Trinajstić information content (AvgIpc) is 3.15. The minimum Gasteiger partial charge on any atom is -0.507 e. The molecule has 8 fully saturated rings. The zero-order valence-electron chi connectivity index (χ0n) is 39.0. The van der Waals surface area contributed by atoms with Crippen LogP contribution >= 0.6 is 0 Å². The Kier molecular flexibility index (Phi) is 8.59. The summed E-state index contributed by atoms with van der Waals surface area (Å²) >= 11 is 0. The van der Waals surface area contributed by atoms with E-state index in [0.717, 1.165) is 72.9 Å². The van der Waals surface area contributed by atoms with Crippen LogP contribution in [0.5, 0.6) is 11.5 Å². The SMILES string of the molecule is Cc1cc(-c2ccccc2-c2cc(C(F)(F)F)cc(-c3ccccc3-c3cc(C)cc(C45CC6(C)CC(C)(CC(C)(C6)C4)C5)c3O)n2)c(O)c(C23CC4(C)CC(C)(CC(C)(C4)C2)C3)c1. The van der Waals surface area contributed by atoms with E-state index in [0.29, 0.717) is 33.4 Å². The Bertz CT molecular complexity index is 2510. The molecule has 334 valence electrons. The molecule has 5 aromatic rings. The van der Waals surface area contributed by atoms with Crippen LogP contribution in [0.3, 0.4) is 0 Å². The van der Waals surface area contributed by atoms with Crippen LogP contribution in [0.2, 0.25) is 0 Å². The Labute approximate surface area is 378 Å². The van der Waals surface area contributed by atoms with Gasteiger partial charge in [-0.1, -0.05) is 102 Å². The number of alkyl halides is 3. The maximum Gasteiger partial charge on any atom is 0.416 e. The summed E-state index contributed by atoms with van der Waals surface area (Å²) in [5, 5.41) is 25.2. The van der Waals surface area contributed by atoms with Crippen molar-refractivity contribution in [1.82, 2.24) is 4.98 Å². The van der Waals surface area contributed by atoms with Crippen LogP contribution in [0.25, 0.3) is 44.8 Å². The largest absolute Gasteiger partial charge is 0.507 e. The van der Waals surface area contributed by atoms with Crippen LogP contribution in [0.15, 0.2) is 84.9 Å². The van der Waals surface area contributed by atoms with Crippen molar-refractivity contribution >= 4 is 0 Å². The summed E-state index contributed by atoms with van der Waals surface area (Å²) in [6.45, 7) is 18.8. The van der Waals surface area contributed by atoms with E-state index >= 15 is 13.2 Å². The number of rotatable bonds is 6. The fourth-order valence-corrected chi connectivity index (χ4v) is 18.8. The molecule has 0 aliphatic heterocycles. The monoisotopic (exact) mass is 863 g/mol. The highest BCUT2D eigenvalue weighted by atomic mass is 19.4. The Morgan fingerprint density at radius 2 is 0.719 bits per heavy atom. The van der Waals surface area contributed by atoms with E-state index in [-0.39, 0.29) is 66.2 Å². The molecule has 0 radical (unpaired) electrons. The number of aryl methyl sites for hydroxylation is 2. The molecule has 3 nitrogen and oxygen atoms in total. The van der Waals surface area contributed by atoms with Gasteiger partial charge in [-0.3, -0.25) is 0 Å². The molecule has 0 saturated heterocycles. The predicted octanol–water partition coefficient (Wildman–Crippen LogP) is 16.1. The second kappa shape index (κ2) is 13.1. The fourth-order valence-electron chi connectivity index (χ4n) is 18.8. The number of aromatic nitrogens is 1. The Balaban J connectivity index is 1.05. The lowest BCUT2D eigenvalue weighted by atomic mass is 9.35. The quantitative estimate of drug-likeness (QED) is 0.179. The molecule has 8 aliphatic rings. The van der Waals surface area contributed by atoms with E-state index in [2.05, 4.69) is 67.5 Å². The number of nitrogens with zero attached hydrogens (tertiary/aromatic N) is 1. The summed E-state index contributed by atoms with van der Waals surface area (Å²) in [6.07, 6.45) is 8.73. The number of benzene rings is 4. The minimum atomic E-state index is -4.66. The molecule has 8 saturated carbocycles. The summed E-state index contributed by atoms with van der Waals surface area (Å²) in [5.74, 6) is 0.463. The number of phenolic OH excluding ortho intramolecular Hbond substituents is 2. The first-order valence-corrected chi connectivity index (χ1v) is 23.8. The van der Waals surface area contributed by atoms with Crippen molar-refractivity contribution in [3.8, 4) is 56.3 Å². The lowest BCUT2D eigenvalue weighted by molar-refractivity contribution is -0.153. The zero-order chi connectivity index (χ0) is 45.3. The van der Waals surface area contributed by atoms with Crippen molar-refractivity contribution < 1.29 is 23.4 Å².